The van der Waals surface area contributed by atoms with E-state index in [1.807, 2.05) is 11.8 Å². The van der Waals surface area contributed by atoms with E-state index >= 15 is 0 Å². The number of amides is 1. The number of aliphatic hydroxyl groups is 1. The second kappa shape index (κ2) is 6.68. The third kappa shape index (κ3) is 4.16. The SMILES string of the molecule is CC(O)C1CCN(C(=O)CN2CCC(N)CC2)CC1. The number of nitrogens with two attached hydrogens (primary N) is 1. The minimum atomic E-state index is -0.249. The summed E-state index contributed by atoms with van der Waals surface area (Å²) < 4.78 is 0. The summed E-state index contributed by atoms with van der Waals surface area (Å²) in [5.74, 6) is 0.594. The Labute approximate surface area is 115 Å². The largest absolute Gasteiger partial charge is 0.393 e. The van der Waals surface area contributed by atoms with Gasteiger partial charge in [0, 0.05) is 32.2 Å². The van der Waals surface area contributed by atoms with E-state index in [9.17, 15) is 9.90 Å². The van der Waals surface area contributed by atoms with Crippen molar-refractivity contribution in [2.45, 2.75) is 44.8 Å². The number of aliphatic hydroxyl groups excluding tert-OH is 1. The van der Waals surface area contributed by atoms with Crippen LogP contribution in [0.3, 0.4) is 0 Å². The van der Waals surface area contributed by atoms with Crippen LogP contribution in [0.5, 0.6) is 0 Å². The Morgan fingerprint density at radius 2 is 1.79 bits per heavy atom. The van der Waals surface area contributed by atoms with E-state index in [1.165, 1.54) is 0 Å². The Kier molecular flexibility index (Phi) is 5.19. The summed E-state index contributed by atoms with van der Waals surface area (Å²) in [5.41, 5.74) is 5.87. The molecule has 0 spiro atoms. The molecule has 19 heavy (non-hydrogen) atoms. The Morgan fingerprint density at radius 1 is 1.21 bits per heavy atom. The van der Waals surface area contributed by atoms with Crippen molar-refractivity contribution in [2.75, 3.05) is 32.7 Å². The lowest BCUT2D eigenvalue weighted by atomic mass is 9.92. The van der Waals surface area contributed by atoms with Gasteiger partial charge in [0.25, 0.3) is 0 Å². The maximum atomic E-state index is 12.2. The lowest BCUT2D eigenvalue weighted by molar-refractivity contribution is -0.134. The fourth-order valence-electron chi connectivity index (χ4n) is 3.03. The highest BCUT2D eigenvalue weighted by molar-refractivity contribution is 5.78. The molecule has 5 heteroatoms. The van der Waals surface area contributed by atoms with Gasteiger partial charge < -0.3 is 15.7 Å². The van der Waals surface area contributed by atoms with Gasteiger partial charge in [-0.05, 0) is 38.5 Å². The Balaban J connectivity index is 1.72. The summed E-state index contributed by atoms with van der Waals surface area (Å²) in [6.45, 7) is 5.85. The second-order valence-electron chi connectivity index (χ2n) is 6.07. The molecule has 1 amide bonds. The third-order valence-corrected chi connectivity index (χ3v) is 4.57. The molecule has 1 atom stereocenters. The molecule has 2 saturated heterocycles. The van der Waals surface area contributed by atoms with Crippen LogP contribution in [0.2, 0.25) is 0 Å². The van der Waals surface area contributed by atoms with Gasteiger partial charge in [-0.2, -0.15) is 0 Å². The maximum absolute atomic E-state index is 12.2. The Bertz CT molecular complexity index is 293. The van der Waals surface area contributed by atoms with Crippen molar-refractivity contribution < 1.29 is 9.90 Å². The number of hydrogen-bond acceptors (Lipinski definition) is 4. The molecule has 2 heterocycles. The molecule has 0 saturated carbocycles. The topological polar surface area (TPSA) is 69.8 Å². The molecule has 2 aliphatic rings. The van der Waals surface area contributed by atoms with Crippen LogP contribution in [0.15, 0.2) is 0 Å². The molecule has 110 valence electrons. The molecule has 0 bridgehead atoms. The molecule has 2 aliphatic heterocycles. The summed E-state index contributed by atoms with van der Waals surface area (Å²) in [6, 6.07) is 0.313. The fraction of sp³-hybridized carbons (Fsp3) is 0.929. The van der Waals surface area contributed by atoms with Crippen LogP contribution < -0.4 is 5.73 Å². The van der Waals surface area contributed by atoms with E-state index in [2.05, 4.69) is 4.90 Å². The van der Waals surface area contributed by atoms with Gasteiger partial charge in [0.1, 0.15) is 0 Å². The summed E-state index contributed by atoms with van der Waals surface area (Å²) in [6.07, 6.45) is 3.60. The van der Waals surface area contributed by atoms with E-state index in [0.29, 0.717) is 18.5 Å². The summed E-state index contributed by atoms with van der Waals surface area (Å²) in [4.78, 5) is 16.4. The number of rotatable bonds is 3. The van der Waals surface area contributed by atoms with E-state index in [-0.39, 0.29) is 12.0 Å². The maximum Gasteiger partial charge on any atom is 0.236 e. The molecule has 1 unspecified atom stereocenters. The van der Waals surface area contributed by atoms with E-state index in [0.717, 1.165) is 51.9 Å². The van der Waals surface area contributed by atoms with Crippen molar-refractivity contribution in [3.8, 4) is 0 Å². The number of carbonyl (C=O) groups is 1. The second-order valence-corrected chi connectivity index (χ2v) is 6.07. The number of nitrogens with zero attached hydrogens (tertiary/aromatic N) is 2. The van der Waals surface area contributed by atoms with Gasteiger partial charge in [-0.25, -0.2) is 0 Å². The first-order chi connectivity index (χ1) is 9.06. The minimum absolute atomic E-state index is 0.236. The summed E-state index contributed by atoms with van der Waals surface area (Å²) in [7, 11) is 0. The average molecular weight is 269 g/mol. The van der Waals surface area contributed by atoms with Gasteiger partial charge in [0.05, 0.1) is 12.6 Å². The van der Waals surface area contributed by atoms with Crippen molar-refractivity contribution in [1.29, 1.82) is 0 Å². The van der Waals surface area contributed by atoms with Gasteiger partial charge in [-0.3, -0.25) is 9.69 Å². The van der Waals surface area contributed by atoms with Gasteiger partial charge in [0.2, 0.25) is 5.91 Å². The first-order valence-electron chi connectivity index (χ1n) is 7.50. The predicted molar refractivity (Wildman–Crippen MR) is 74.6 cm³/mol. The lowest BCUT2D eigenvalue weighted by Crippen LogP contribution is -2.48. The zero-order valence-electron chi connectivity index (χ0n) is 11.9. The normalized spacial score (nSPS) is 25.5. The van der Waals surface area contributed by atoms with Gasteiger partial charge in [0.15, 0.2) is 0 Å². The first-order valence-corrected chi connectivity index (χ1v) is 7.50. The summed E-state index contributed by atoms with van der Waals surface area (Å²) in [5, 5.41) is 9.56. The Hall–Kier alpha value is -0.650. The quantitative estimate of drug-likeness (QED) is 0.758. The molecule has 0 aromatic carbocycles. The van der Waals surface area contributed by atoms with Crippen LogP contribution >= 0.6 is 0 Å². The molecule has 3 N–H and O–H groups in total. The lowest BCUT2D eigenvalue weighted by Gasteiger charge is -2.36. The molecule has 0 aromatic heterocycles. The number of piperidine rings is 2. The van der Waals surface area contributed by atoms with Crippen molar-refractivity contribution in [2.24, 2.45) is 11.7 Å². The summed E-state index contributed by atoms with van der Waals surface area (Å²) >= 11 is 0. The minimum Gasteiger partial charge on any atom is -0.393 e. The third-order valence-electron chi connectivity index (χ3n) is 4.57. The number of carbonyl (C=O) groups excluding carboxylic acids is 1. The molecule has 0 radical (unpaired) electrons. The standard InChI is InChI=1S/C14H27N3O2/c1-11(18)12-2-8-17(9-3-12)14(19)10-16-6-4-13(15)5-7-16/h11-13,18H,2-10,15H2,1H3. The van der Waals surface area contributed by atoms with Gasteiger partial charge in [-0.15, -0.1) is 0 Å². The fourth-order valence-corrected chi connectivity index (χ4v) is 3.03. The van der Waals surface area contributed by atoms with Gasteiger partial charge in [-0.1, -0.05) is 0 Å². The molecule has 5 nitrogen and oxygen atoms in total. The monoisotopic (exact) mass is 269 g/mol. The van der Waals surface area contributed by atoms with Gasteiger partial charge >= 0.3 is 0 Å². The highest BCUT2D eigenvalue weighted by Crippen LogP contribution is 2.20. The molecule has 0 aliphatic carbocycles. The molecular weight excluding hydrogens is 242 g/mol. The van der Waals surface area contributed by atoms with E-state index < -0.39 is 0 Å². The van der Waals surface area contributed by atoms with E-state index in [4.69, 9.17) is 5.73 Å². The highest BCUT2D eigenvalue weighted by Gasteiger charge is 2.27. The molecule has 2 fully saturated rings. The molecular formula is C14H27N3O2. The van der Waals surface area contributed by atoms with Crippen molar-refractivity contribution in [1.82, 2.24) is 9.80 Å². The smallest absolute Gasteiger partial charge is 0.236 e. The van der Waals surface area contributed by atoms with E-state index in [1.54, 1.807) is 0 Å². The predicted octanol–water partition coefficient (Wildman–Crippen LogP) is 0.0289. The van der Waals surface area contributed by atoms with Crippen LogP contribution in [-0.4, -0.2) is 65.7 Å². The Morgan fingerprint density at radius 3 is 2.32 bits per heavy atom. The van der Waals surface area contributed by atoms with Crippen molar-refractivity contribution >= 4 is 5.91 Å². The zero-order chi connectivity index (χ0) is 13.8. The first kappa shape index (κ1) is 14.8. The van der Waals surface area contributed by atoms with Crippen LogP contribution in [0, 0.1) is 5.92 Å². The number of likely N-dealkylation sites (tertiary alicyclic amines) is 2. The average Bonchev–Trinajstić information content (AvgIpc) is 2.41. The zero-order valence-corrected chi connectivity index (χ0v) is 11.9. The van der Waals surface area contributed by atoms with Crippen molar-refractivity contribution in [3.63, 3.8) is 0 Å². The van der Waals surface area contributed by atoms with Crippen molar-refractivity contribution in [3.05, 3.63) is 0 Å². The van der Waals surface area contributed by atoms with Crippen LogP contribution in [0.1, 0.15) is 32.6 Å². The molecule has 0 aromatic rings. The van der Waals surface area contributed by atoms with Crippen LogP contribution in [0.4, 0.5) is 0 Å². The van der Waals surface area contributed by atoms with Crippen LogP contribution in [0.25, 0.3) is 0 Å². The number of hydrogen-bond donors (Lipinski definition) is 2. The van der Waals surface area contributed by atoms with Crippen LogP contribution in [-0.2, 0) is 4.79 Å². The highest BCUT2D eigenvalue weighted by atomic mass is 16.3. The molecule has 2 rings (SSSR count).